The van der Waals surface area contributed by atoms with E-state index in [2.05, 4.69) is 27.4 Å². The van der Waals surface area contributed by atoms with Crippen molar-refractivity contribution in [3.05, 3.63) is 23.8 Å². The third kappa shape index (κ3) is 4.05. The molecule has 2 rings (SSSR count). The molecule has 0 aliphatic heterocycles. The Bertz CT molecular complexity index is 601. The number of allylic oxidation sites excluding steroid dienone is 2. The highest BCUT2D eigenvalue weighted by molar-refractivity contribution is 5.93. The van der Waals surface area contributed by atoms with Gasteiger partial charge in [-0.25, -0.2) is 4.79 Å². The highest BCUT2D eigenvalue weighted by Crippen LogP contribution is 2.61. The highest BCUT2D eigenvalue weighted by atomic mass is 16.5. The molecule has 4 nitrogen and oxygen atoms in total. The van der Waals surface area contributed by atoms with Crippen molar-refractivity contribution in [3.63, 3.8) is 0 Å². The van der Waals surface area contributed by atoms with Gasteiger partial charge in [0.1, 0.15) is 0 Å². The van der Waals surface area contributed by atoms with E-state index in [1.54, 1.807) is 0 Å². The third-order valence-corrected chi connectivity index (χ3v) is 6.93. The summed E-state index contributed by atoms with van der Waals surface area (Å²) in [5, 5.41) is 0. The van der Waals surface area contributed by atoms with E-state index in [1.165, 1.54) is 45.5 Å². The van der Waals surface area contributed by atoms with E-state index in [-0.39, 0.29) is 11.8 Å². The molecule has 2 aliphatic carbocycles. The molecule has 3 atom stereocenters. The molecule has 0 saturated heterocycles. The lowest BCUT2D eigenvalue weighted by Crippen LogP contribution is -2.49. The first-order valence-corrected chi connectivity index (χ1v) is 9.67. The first-order chi connectivity index (χ1) is 12.2. The molecule has 2 fully saturated rings. The minimum Gasteiger partial charge on any atom is -0.469 e. The van der Waals surface area contributed by atoms with Crippen LogP contribution in [0.1, 0.15) is 65.7 Å². The maximum Gasteiger partial charge on any atom is 0.333 e. The Morgan fingerprint density at radius 3 is 2.50 bits per heavy atom. The Morgan fingerprint density at radius 2 is 1.88 bits per heavy atom. The fourth-order valence-electron chi connectivity index (χ4n) is 5.56. The number of rotatable bonds is 5. The van der Waals surface area contributed by atoms with Gasteiger partial charge >= 0.3 is 11.9 Å². The van der Waals surface area contributed by atoms with Crippen LogP contribution in [-0.4, -0.2) is 26.2 Å². The van der Waals surface area contributed by atoms with Gasteiger partial charge in [0.15, 0.2) is 0 Å². The standard InChI is InChI=1S/C22H34O4/c1-15-8-11-18-21(2,3)12-7-13-22(18,4)17(15)10-9-16(20(24)26-6)14-19(23)25-5/h9,17-18H,1,7-8,10-14H2,2-6H3/b16-9+/t17-,18?,22+/m0/s1. The largest absolute Gasteiger partial charge is 0.469 e. The SMILES string of the molecule is C=C1CCC2C(C)(C)CCC[C@]2(C)[C@H]1C/C=C(\CC(=O)OC)C(=O)OC. The van der Waals surface area contributed by atoms with Crippen LogP contribution in [0, 0.1) is 22.7 Å². The van der Waals surface area contributed by atoms with Crippen molar-refractivity contribution in [2.24, 2.45) is 22.7 Å². The minimum atomic E-state index is -0.456. The quantitative estimate of drug-likeness (QED) is 0.399. The molecule has 2 saturated carbocycles. The number of hydrogen-bond donors (Lipinski definition) is 0. The summed E-state index contributed by atoms with van der Waals surface area (Å²) in [7, 11) is 2.67. The average Bonchev–Trinajstić information content (AvgIpc) is 2.58. The molecule has 0 radical (unpaired) electrons. The van der Waals surface area contributed by atoms with Crippen LogP contribution >= 0.6 is 0 Å². The van der Waals surface area contributed by atoms with Crippen molar-refractivity contribution in [3.8, 4) is 0 Å². The fraction of sp³-hybridized carbons (Fsp3) is 0.727. The van der Waals surface area contributed by atoms with Crippen LogP contribution in [0.3, 0.4) is 0 Å². The lowest BCUT2D eigenvalue weighted by atomic mass is 9.47. The minimum absolute atomic E-state index is 0.0476. The molecule has 0 spiro atoms. The van der Waals surface area contributed by atoms with Crippen LogP contribution in [0.25, 0.3) is 0 Å². The summed E-state index contributed by atoms with van der Waals surface area (Å²) in [4.78, 5) is 23.7. The van der Waals surface area contributed by atoms with Crippen LogP contribution in [0.4, 0.5) is 0 Å². The van der Waals surface area contributed by atoms with Crippen molar-refractivity contribution in [1.82, 2.24) is 0 Å². The Balaban J connectivity index is 2.27. The average molecular weight is 363 g/mol. The molecular weight excluding hydrogens is 328 g/mol. The molecule has 0 aromatic heterocycles. The maximum absolute atomic E-state index is 12.1. The summed E-state index contributed by atoms with van der Waals surface area (Å²) in [6.07, 6.45) is 8.52. The van der Waals surface area contributed by atoms with Crippen LogP contribution in [-0.2, 0) is 19.1 Å². The highest BCUT2D eigenvalue weighted by Gasteiger charge is 2.52. The van der Waals surface area contributed by atoms with Gasteiger partial charge < -0.3 is 9.47 Å². The molecular formula is C22H34O4. The van der Waals surface area contributed by atoms with E-state index in [9.17, 15) is 9.59 Å². The number of fused-ring (bicyclic) bond motifs is 1. The van der Waals surface area contributed by atoms with Crippen LogP contribution in [0.2, 0.25) is 0 Å². The second-order valence-electron chi connectivity index (χ2n) is 8.86. The Hall–Kier alpha value is -1.58. The van der Waals surface area contributed by atoms with Crippen LogP contribution in [0.5, 0.6) is 0 Å². The Labute approximate surface area is 158 Å². The van der Waals surface area contributed by atoms with E-state index < -0.39 is 11.9 Å². The molecule has 0 N–H and O–H groups in total. The van der Waals surface area contributed by atoms with Gasteiger partial charge in [-0.15, -0.1) is 0 Å². The number of carbonyl (C=O) groups excluding carboxylic acids is 2. The van der Waals surface area contributed by atoms with Gasteiger partial charge in [0, 0.05) is 5.57 Å². The summed E-state index contributed by atoms with van der Waals surface area (Å²) in [6, 6.07) is 0. The third-order valence-electron chi connectivity index (χ3n) is 6.93. The molecule has 26 heavy (non-hydrogen) atoms. The molecule has 1 unspecified atom stereocenters. The molecule has 2 aliphatic rings. The molecule has 0 aromatic carbocycles. The van der Waals surface area contributed by atoms with Crippen LogP contribution in [0.15, 0.2) is 23.8 Å². The number of carbonyl (C=O) groups is 2. The first-order valence-electron chi connectivity index (χ1n) is 9.67. The zero-order valence-corrected chi connectivity index (χ0v) is 17.0. The van der Waals surface area contributed by atoms with Gasteiger partial charge in [0.25, 0.3) is 0 Å². The van der Waals surface area contributed by atoms with Gasteiger partial charge in [-0.05, 0) is 54.8 Å². The van der Waals surface area contributed by atoms with Gasteiger partial charge in [0.05, 0.1) is 20.6 Å². The van der Waals surface area contributed by atoms with Crippen molar-refractivity contribution in [1.29, 1.82) is 0 Å². The zero-order valence-electron chi connectivity index (χ0n) is 17.0. The van der Waals surface area contributed by atoms with E-state index in [1.807, 2.05) is 6.08 Å². The number of methoxy groups -OCH3 is 2. The Kier molecular flexibility index (Phi) is 6.36. The van der Waals surface area contributed by atoms with Gasteiger partial charge in [-0.2, -0.15) is 0 Å². The molecule has 0 amide bonds. The smallest absolute Gasteiger partial charge is 0.333 e. The normalized spacial score (nSPS) is 31.1. The molecule has 4 heteroatoms. The summed E-state index contributed by atoms with van der Waals surface area (Å²) in [5.74, 6) is 0.113. The van der Waals surface area contributed by atoms with Gasteiger partial charge in [0.2, 0.25) is 0 Å². The van der Waals surface area contributed by atoms with Gasteiger partial charge in [-0.3, -0.25) is 4.79 Å². The summed E-state index contributed by atoms with van der Waals surface area (Å²) < 4.78 is 9.57. The predicted molar refractivity (Wildman–Crippen MR) is 102 cm³/mol. The van der Waals surface area contributed by atoms with Crippen molar-refractivity contribution in [2.75, 3.05) is 14.2 Å². The van der Waals surface area contributed by atoms with Crippen molar-refractivity contribution >= 4 is 11.9 Å². The second-order valence-corrected chi connectivity index (χ2v) is 8.86. The predicted octanol–water partition coefficient (Wildman–Crippen LogP) is 4.84. The second kappa shape index (κ2) is 7.98. The lowest BCUT2D eigenvalue weighted by molar-refractivity contribution is -0.143. The topological polar surface area (TPSA) is 52.6 Å². The maximum atomic E-state index is 12.1. The molecule has 0 heterocycles. The van der Waals surface area contributed by atoms with E-state index in [4.69, 9.17) is 9.47 Å². The first kappa shape index (κ1) is 20.7. The summed E-state index contributed by atoms with van der Waals surface area (Å²) >= 11 is 0. The Morgan fingerprint density at radius 1 is 1.19 bits per heavy atom. The van der Waals surface area contributed by atoms with Crippen LogP contribution < -0.4 is 0 Å². The summed E-state index contributed by atoms with van der Waals surface area (Å²) in [5.41, 5.74) is 2.19. The van der Waals surface area contributed by atoms with Crippen molar-refractivity contribution < 1.29 is 19.1 Å². The number of hydrogen-bond acceptors (Lipinski definition) is 4. The van der Waals surface area contributed by atoms with Gasteiger partial charge in [-0.1, -0.05) is 45.4 Å². The van der Waals surface area contributed by atoms with E-state index in [0.717, 1.165) is 12.8 Å². The number of esters is 2. The monoisotopic (exact) mass is 362 g/mol. The summed E-state index contributed by atoms with van der Waals surface area (Å²) in [6.45, 7) is 11.6. The van der Waals surface area contributed by atoms with E-state index in [0.29, 0.717) is 22.8 Å². The molecule has 0 aromatic rings. The lowest BCUT2D eigenvalue weighted by Gasteiger charge is -2.58. The van der Waals surface area contributed by atoms with E-state index >= 15 is 0 Å². The van der Waals surface area contributed by atoms with Crippen molar-refractivity contribution in [2.45, 2.75) is 65.7 Å². The fourth-order valence-corrected chi connectivity index (χ4v) is 5.56. The molecule has 0 bridgehead atoms. The number of ether oxygens (including phenoxy) is 2. The molecule has 146 valence electrons. The zero-order chi connectivity index (χ0) is 19.5.